The molecule has 0 saturated carbocycles. The van der Waals surface area contributed by atoms with Gasteiger partial charge in [-0.1, -0.05) is 18.2 Å². The zero-order chi connectivity index (χ0) is 23.5. The zero-order valence-electron chi connectivity index (χ0n) is 17.6. The Balaban J connectivity index is 1.49. The molecule has 1 aromatic heterocycles. The molecule has 2 N–H and O–H groups in total. The standard InChI is InChI=1S/C23H18N4O5S/c1-13-5-3-4-6-16(13)22-25-17-12-15(8-10-19(17)32-22)24-23(33)26-21(28)14-7-9-20(31-2)18(11-14)27(29)30/h3-12H,1-2H3,(H2,24,26,28,33). The van der Waals surface area contributed by atoms with E-state index in [0.717, 1.165) is 17.2 Å². The van der Waals surface area contributed by atoms with E-state index in [4.69, 9.17) is 21.4 Å². The number of carbonyl (C=O) groups excluding carboxylic acids is 1. The van der Waals surface area contributed by atoms with Crippen molar-refractivity contribution < 1.29 is 18.9 Å². The largest absolute Gasteiger partial charge is 0.490 e. The summed E-state index contributed by atoms with van der Waals surface area (Å²) in [5.41, 5.74) is 3.53. The number of fused-ring (bicyclic) bond motifs is 1. The van der Waals surface area contributed by atoms with Gasteiger partial charge in [-0.15, -0.1) is 0 Å². The Bertz CT molecular complexity index is 1400. The summed E-state index contributed by atoms with van der Waals surface area (Å²) < 4.78 is 10.8. The van der Waals surface area contributed by atoms with E-state index in [9.17, 15) is 14.9 Å². The van der Waals surface area contributed by atoms with Crippen LogP contribution in [0.2, 0.25) is 0 Å². The maximum atomic E-state index is 12.5. The SMILES string of the molecule is COc1ccc(C(=O)NC(=S)Nc2ccc3oc(-c4ccccc4C)nc3c2)cc1[N+](=O)[O-]. The average molecular weight is 462 g/mol. The number of anilines is 1. The number of nitrogens with zero attached hydrogens (tertiary/aromatic N) is 2. The number of hydrogen-bond donors (Lipinski definition) is 2. The fourth-order valence-electron chi connectivity index (χ4n) is 3.24. The highest BCUT2D eigenvalue weighted by molar-refractivity contribution is 7.80. The highest BCUT2D eigenvalue weighted by Crippen LogP contribution is 2.29. The molecule has 0 aliphatic rings. The normalized spacial score (nSPS) is 10.6. The number of oxazole rings is 1. The molecule has 1 heterocycles. The quantitative estimate of drug-likeness (QED) is 0.245. The summed E-state index contributed by atoms with van der Waals surface area (Å²) in [5.74, 6) is -0.0249. The fraction of sp³-hybridized carbons (Fsp3) is 0.0870. The second-order valence-electron chi connectivity index (χ2n) is 7.07. The molecular formula is C23H18N4O5S. The number of aromatic nitrogens is 1. The van der Waals surface area contributed by atoms with Gasteiger partial charge in [-0.3, -0.25) is 20.2 Å². The summed E-state index contributed by atoms with van der Waals surface area (Å²) >= 11 is 5.22. The number of thiocarbonyl (C=S) groups is 1. The molecule has 4 aromatic rings. The number of aryl methyl sites for hydroxylation is 1. The van der Waals surface area contributed by atoms with Crippen molar-refractivity contribution >= 4 is 45.7 Å². The predicted molar refractivity (Wildman–Crippen MR) is 128 cm³/mol. The summed E-state index contributed by atoms with van der Waals surface area (Å²) in [4.78, 5) is 27.6. The van der Waals surface area contributed by atoms with E-state index in [2.05, 4.69) is 15.6 Å². The van der Waals surface area contributed by atoms with Crippen molar-refractivity contribution in [3.8, 4) is 17.2 Å². The van der Waals surface area contributed by atoms with Crippen molar-refractivity contribution in [2.75, 3.05) is 12.4 Å². The van der Waals surface area contributed by atoms with E-state index >= 15 is 0 Å². The van der Waals surface area contributed by atoms with Crippen LogP contribution >= 0.6 is 12.2 Å². The molecule has 0 atom stereocenters. The number of nitro groups is 1. The monoisotopic (exact) mass is 462 g/mol. The minimum atomic E-state index is -0.621. The Morgan fingerprint density at radius 2 is 1.94 bits per heavy atom. The van der Waals surface area contributed by atoms with Crippen molar-refractivity contribution in [1.82, 2.24) is 10.3 Å². The lowest BCUT2D eigenvalue weighted by molar-refractivity contribution is -0.385. The van der Waals surface area contributed by atoms with Gasteiger partial charge in [-0.25, -0.2) is 4.98 Å². The first kappa shape index (κ1) is 21.9. The molecule has 0 fully saturated rings. The van der Waals surface area contributed by atoms with Crippen LogP contribution in [0.5, 0.6) is 5.75 Å². The van der Waals surface area contributed by atoms with Crippen LogP contribution in [0.3, 0.4) is 0 Å². The van der Waals surface area contributed by atoms with Gasteiger partial charge in [0.15, 0.2) is 16.4 Å². The van der Waals surface area contributed by atoms with Crippen molar-refractivity contribution in [2.24, 2.45) is 0 Å². The maximum Gasteiger partial charge on any atom is 0.311 e. The van der Waals surface area contributed by atoms with Gasteiger partial charge in [0, 0.05) is 22.9 Å². The minimum absolute atomic E-state index is 0.0282. The molecule has 0 spiro atoms. The molecule has 10 heteroatoms. The molecule has 9 nitrogen and oxygen atoms in total. The van der Waals surface area contributed by atoms with E-state index in [-0.39, 0.29) is 22.1 Å². The lowest BCUT2D eigenvalue weighted by atomic mass is 10.1. The number of nitro benzene ring substituents is 1. The van der Waals surface area contributed by atoms with Gasteiger partial charge in [0.05, 0.1) is 12.0 Å². The van der Waals surface area contributed by atoms with Crippen molar-refractivity contribution in [3.63, 3.8) is 0 Å². The fourth-order valence-corrected chi connectivity index (χ4v) is 3.46. The number of rotatable bonds is 5. The molecule has 0 aliphatic heterocycles. The molecule has 0 radical (unpaired) electrons. The first-order chi connectivity index (χ1) is 15.9. The number of carbonyl (C=O) groups is 1. The molecule has 0 aliphatic carbocycles. The number of hydrogen-bond acceptors (Lipinski definition) is 7. The lowest BCUT2D eigenvalue weighted by Gasteiger charge is -2.10. The van der Waals surface area contributed by atoms with E-state index in [1.54, 1.807) is 18.2 Å². The van der Waals surface area contributed by atoms with Crippen molar-refractivity contribution in [1.29, 1.82) is 0 Å². The molecule has 4 rings (SSSR count). The summed E-state index contributed by atoms with van der Waals surface area (Å²) in [5, 5.41) is 16.6. The number of methoxy groups -OCH3 is 1. The van der Waals surface area contributed by atoms with Gasteiger partial charge < -0.3 is 14.5 Å². The number of nitrogens with one attached hydrogen (secondary N) is 2. The molecule has 33 heavy (non-hydrogen) atoms. The van der Waals surface area contributed by atoms with Crippen molar-refractivity contribution in [2.45, 2.75) is 6.92 Å². The maximum absolute atomic E-state index is 12.5. The Labute approximate surface area is 193 Å². The Morgan fingerprint density at radius 1 is 1.15 bits per heavy atom. The highest BCUT2D eigenvalue weighted by atomic mass is 32.1. The van der Waals surface area contributed by atoms with Crippen LogP contribution in [0.15, 0.2) is 65.1 Å². The van der Waals surface area contributed by atoms with Crippen LogP contribution in [0.25, 0.3) is 22.6 Å². The smallest absolute Gasteiger partial charge is 0.311 e. The molecule has 0 bridgehead atoms. The molecular weight excluding hydrogens is 444 g/mol. The summed E-state index contributed by atoms with van der Waals surface area (Å²) in [6.45, 7) is 1.98. The van der Waals surface area contributed by atoms with Gasteiger partial charge in [-0.2, -0.15) is 0 Å². The molecule has 3 aromatic carbocycles. The first-order valence-corrected chi connectivity index (χ1v) is 10.2. The number of benzene rings is 3. The van der Waals surface area contributed by atoms with Gasteiger partial charge in [0.1, 0.15) is 5.52 Å². The Morgan fingerprint density at radius 3 is 2.67 bits per heavy atom. The van der Waals surface area contributed by atoms with Gasteiger partial charge in [-0.05, 0) is 61.1 Å². The average Bonchev–Trinajstić information content (AvgIpc) is 3.21. The highest BCUT2D eigenvalue weighted by Gasteiger charge is 2.19. The van der Waals surface area contributed by atoms with Crippen LogP contribution < -0.4 is 15.4 Å². The van der Waals surface area contributed by atoms with Gasteiger partial charge in [0.25, 0.3) is 5.91 Å². The minimum Gasteiger partial charge on any atom is -0.490 e. The summed E-state index contributed by atoms with van der Waals surface area (Å²) in [6, 6.07) is 16.9. The summed E-state index contributed by atoms with van der Waals surface area (Å²) in [6.07, 6.45) is 0. The number of amides is 1. The van der Waals surface area contributed by atoms with Crippen LogP contribution in [0.1, 0.15) is 15.9 Å². The lowest BCUT2D eigenvalue weighted by Crippen LogP contribution is -2.34. The van der Waals surface area contributed by atoms with Gasteiger partial charge >= 0.3 is 5.69 Å². The zero-order valence-corrected chi connectivity index (χ0v) is 18.4. The number of ether oxygens (including phenoxy) is 1. The molecule has 166 valence electrons. The Kier molecular flexibility index (Phi) is 6.01. The predicted octanol–water partition coefficient (Wildman–Crippen LogP) is 4.85. The van der Waals surface area contributed by atoms with Crippen LogP contribution in [0.4, 0.5) is 11.4 Å². The van der Waals surface area contributed by atoms with E-state index in [1.807, 2.05) is 31.2 Å². The molecule has 0 saturated heterocycles. The topological polar surface area (TPSA) is 120 Å². The molecule has 1 amide bonds. The Hall–Kier alpha value is -4.31. The van der Waals surface area contributed by atoms with Gasteiger partial charge in [0.2, 0.25) is 5.89 Å². The van der Waals surface area contributed by atoms with Crippen LogP contribution in [-0.4, -0.2) is 28.0 Å². The van der Waals surface area contributed by atoms with E-state index in [1.165, 1.54) is 19.2 Å². The second-order valence-corrected chi connectivity index (χ2v) is 7.48. The molecule has 0 unspecified atom stereocenters. The second kappa shape index (κ2) is 9.05. The van der Waals surface area contributed by atoms with Crippen molar-refractivity contribution in [3.05, 3.63) is 81.9 Å². The third-order valence-corrected chi connectivity index (χ3v) is 5.09. The summed E-state index contributed by atoms with van der Waals surface area (Å²) in [7, 11) is 1.32. The third-order valence-electron chi connectivity index (χ3n) is 4.89. The van der Waals surface area contributed by atoms with E-state index in [0.29, 0.717) is 22.7 Å². The van der Waals surface area contributed by atoms with Crippen LogP contribution in [0, 0.1) is 17.0 Å². The third kappa shape index (κ3) is 4.65. The van der Waals surface area contributed by atoms with Crippen LogP contribution in [-0.2, 0) is 0 Å². The first-order valence-electron chi connectivity index (χ1n) is 9.77. The van der Waals surface area contributed by atoms with E-state index < -0.39 is 10.8 Å².